The molecule has 0 radical (unpaired) electrons. The fourth-order valence-corrected chi connectivity index (χ4v) is 3.05. The Morgan fingerprint density at radius 3 is 2.42 bits per heavy atom. The molecule has 0 bridgehead atoms. The van der Waals surface area contributed by atoms with Gasteiger partial charge in [-0.2, -0.15) is 13.2 Å². The monoisotopic (exact) mass is 383 g/mol. The summed E-state index contributed by atoms with van der Waals surface area (Å²) in [5.41, 5.74) is -0.431. The molecule has 3 rings (SSSR count). The number of halogens is 3. The Hall–Kier alpha value is -2.35. The molecule has 0 aliphatic carbocycles. The van der Waals surface area contributed by atoms with Crippen molar-refractivity contribution >= 4 is 23.4 Å². The quantitative estimate of drug-likeness (QED) is 0.784. The van der Waals surface area contributed by atoms with Gasteiger partial charge in [0.2, 0.25) is 5.91 Å². The molecule has 1 aliphatic rings. The van der Waals surface area contributed by atoms with E-state index in [4.69, 9.17) is 9.47 Å². The average molecular weight is 383 g/mol. The summed E-state index contributed by atoms with van der Waals surface area (Å²) < 4.78 is 48.7. The Balaban J connectivity index is 1.55. The second-order valence-electron chi connectivity index (χ2n) is 5.57. The fourth-order valence-electron chi connectivity index (χ4n) is 2.32. The SMILES string of the molecule is O=C(CSc1ccc2c(c1)OCCCO2)Nc1ccc(C(F)(F)F)cc1. The van der Waals surface area contributed by atoms with Gasteiger partial charge < -0.3 is 14.8 Å². The van der Waals surface area contributed by atoms with Crippen molar-refractivity contribution in [3.05, 3.63) is 48.0 Å². The number of rotatable bonds is 4. The summed E-state index contributed by atoms with van der Waals surface area (Å²) in [5, 5.41) is 2.58. The summed E-state index contributed by atoms with van der Waals surface area (Å²) in [6.07, 6.45) is -3.58. The van der Waals surface area contributed by atoms with Crippen LogP contribution in [0.1, 0.15) is 12.0 Å². The Labute approximate surface area is 152 Å². The number of hydrogen-bond acceptors (Lipinski definition) is 4. The van der Waals surface area contributed by atoms with Gasteiger partial charge in [0.25, 0.3) is 0 Å². The molecule has 0 unspecified atom stereocenters. The second-order valence-corrected chi connectivity index (χ2v) is 6.62. The van der Waals surface area contributed by atoms with Crippen molar-refractivity contribution in [2.75, 3.05) is 24.3 Å². The lowest BCUT2D eigenvalue weighted by Gasteiger charge is -2.10. The first-order valence-electron chi connectivity index (χ1n) is 7.91. The molecule has 138 valence electrons. The summed E-state index contributed by atoms with van der Waals surface area (Å²) in [6, 6.07) is 9.80. The van der Waals surface area contributed by atoms with Crippen molar-refractivity contribution < 1.29 is 27.4 Å². The van der Waals surface area contributed by atoms with E-state index in [1.165, 1.54) is 23.9 Å². The number of benzene rings is 2. The summed E-state index contributed by atoms with van der Waals surface area (Å²) in [7, 11) is 0. The van der Waals surface area contributed by atoms with E-state index in [2.05, 4.69) is 5.32 Å². The van der Waals surface area contributed by atoms with Gasteiger partial charge in [0.05, 0.1) is 24.5 Å². The van der Waals surface area contributed by atoms with Crippen LogP contribution >= 0.6 is 11.8 Å². The maximum Gasteiger partial charge on any atom is 0.416 e. The first-order valence-corrected chi connectivity index (χ1v) is 8.90. The van der Waals surface area contributed by atoms with Gasteiger partial charge >= 0.3 is 6.18 Å². The van der Waals surface area contributed by atoms with Crippen LogP contribution in [0.5, 0.6) is 11.5 Å². The van der Waals surface area contributed by atoms with Crippen molar-refractivity contribution in [3.63, 3.8) is 0 Å². The van der Waals surface area contributed by atoms with Crippen LogP contribution in [0.4, 0.5) is 18.9 Å². The smallest absolute Gasteiger partial charge is 0.416 e. The van der Waals surface area contributed by atoms with Crippen molar-refractivity contribution in [2.24, 2.45) is 0 Å². The van der Waals surface area contributed by atoms with Crippen LogP contribution < -0.4 is 14.8 Å². The zero-order valence-electron chi connectivity index (χ0n) is 13.6. The van der Waals surface area contributed by atoms with Gasteiger partial charge in [0.15, 0.2) is 11.5 Å². The minimum Gasteiger partial charge on any atom is -0.490 e. The number of fused-ring (bicyclic) bond motifs is 1. The predicted molar refractivity (Wildman–Crippen MR) is 92.8 cm³/mol. The van der Waals surface area contributed by atoms with Crippen molar-refractivity contribution in [1.82, 2.24) is 0 Å². The fraction of sp³-hybridized carbons (Fsp3) is 0.278. The number of hydrogen-bond donors (Lipinski definition) is 1. The van der Waals surface area contributed by atoms with Crippen LogP contribution in [0.3, 0.4) is 0 Å². The second kappa shape index (κ2) is 7.90. The zero-order chi connectivity index (χ0) is 18.6. The number of ether oxygens (including phenoxy) is 2. The zero-order valence-corrected chi connectivity index (χ0v) is 14.5. The third-order valence-corrected chi connectivity index (χ3v) is 4.58. The summed E-state index contributed by atoms with van der Waals surface area (Å²) in [4.78, 5) is 12.8. The molecular weight excluding hydrogens is 367 g/mol. The van der Waals surface area contributed by atoms with E-state index in [0.29, 0.717) is 30.4 Å². The number of anilines is 1. The van der Waals surface area contributed by atoms with Crippen LogP contribution in [0.25, 0.3) is 0 Å². The lowest BCUT2D eigenvalue weighted by molar-refractivity contribution is -0.137. The van der Waals surface area contributed by atoms with Gasteiger partial charge in [-0.25, -0.2) is 0 Å². The van der Waals surface area contributed by atoms with E-state index in [9.17, 15) is 18.0 Å². The highest BCUT2D eigenvalue weighted by atomic mass is 32.2. The minimum atomic E-state index is -4.39. The molecule has 2 aromatic rings. The molecule has 0 aromatic heterocycles. The number of alkyl halides is 3. The number of amides is 1. The molecule has 26 heavy (non-hydrogen) atoms. The van der Waals surface area contributed by atoms with Crippen LogP contribution in [0.2, 0.25) is 0 Å². The topological polar surface area (TPSA) is 47.6 Å². The molecule has 0 saturated carbocycles. The van der Waals surface area contributed by atoms with Crippen molar-refractivity contribution in [2.45, 2.75) is 17.5 Å². The highest BCUT2D eigenvalue weighted by molar-refractivity contribution is 8.00. The van der Waals surface area contributed by atoms with Gasteiger partial charge in [0, 0.05) is 17.0 Å². The lowest BCUT2D eigenvalue weighted by atomic mass is 10.2. The standard InChI is InChI=1S/C18H16F3NO3S/c19-18(20,21)12-2-4-13(5-3-12)22-17(23)11-26-14-6-7-15-16(10-14)25-9-1-8-24-15/h2-7,10H,1,8-9,11H2,(H,22,23). The van der Waals surface area contributed by atoms with Gasteiger partial charge in [0.1, 0.15) is 0 Å². The molecule has 4 nitrogen and oxygen atoms in total. The number of carbonyl (C=O) groups excluding carboxylic acids is 1. The molecular formula is C18H16F3NO3S. The van der Waals surface area contributed by atoms with Crippen LogP contribution in [-0.2, 0) is 11.0 Å². The number of carbonyl (C=O) groups is 1. The maximum atomic E-state index is 12.5. The first-order chi connectivity index (χ1) is 12.4. The van der Waals surface area contributed by atoms with Crippen LogP contribution in [0.15, 0.2) is 47.4 Å². The van der Waals surface area contributed by atoms with Crippen molar-refractivity contribution in [1.29, 1.82) is 0 Å². The van der Waals surface area contributed by atoms with E-state index in [1.54, 1.807) is 6.07 Å². The van der Waals surface area contributed by atoms with Gasteiger partial charge in [-0.1, -0.05) is 0 Å². The van der Waals surface area contributed by atoms with E-state index in [0.717, 1.165) is 23.4 Å². The highest BCUT2D eigenvalue weighted by Gasteiger charge is 2.29. The molecule has 1 amide bonds. The summed E-state index contributed by atoms with van der Waals surface area (Å²) in [5.74, 6) is 1.15. The Morgan fingerprint density at radius 2 is 1.73 bits per heavy atom. The molecule has 2 aromatic carbocycles. The number of thioether (sulfide) groups is 1. The van der Waals surface area contributed by atoms with Gasteiger partial charge in [-0.15, -0.1) is 11.8 Å². The molecule has 1 heterocycles. The molecule has 0 atom stereocenters. The molecule has 0 fully saturated rings. The molecule has 0 spiro atoms. The van der Waals surface area contributed by atoms with Crippen molar-refractivity contribution in [3.8, 4) is 11.5 Å². The average Bonchev–Trinajstić information content (AvgIpc) is 2.84. The van der Waals surface area contributed by atoms with E-state index in [1.807, 2.05) is 12.1 Å². The molecule has 1 N–H and O–H groups in total. The molecule has 0 saturated heterocycles. The van der Waals surface area contributed by atoms with Gasteiger partial charge in [-0.05, 0) is 42.5 Å². The third-order valence-electron chi connectivity index (χ3n) is 3.58. The Bertz CT molecular complexity index is 778. The van der Waals surface area contributed by atoms with Crippen LogP contribution in [0, 0.1) is 0 Å². The van der Waals surface area contributed by atoms with Gasteiger partial charge in [-0.3, -0.25) is 4.79 Å². The summed E-state index contributed by atoms with van der Waals surface area (Å²) in [6.45, 7) is 1.19. The van der Waals surface area contributed by atoms with E-state index < -0.39 is 11.7 Å². The van der Waals surface area contributed by atoms with Crippen LogP contribution in [-0.4, -0.2) is 24.9 Å². The first kappa shape index (κ1) is 18.4. The Kier molecular flexibility index (Phi) is 5.61. The third kappa shape index (κ3) is 4.85. The molecule has 1 aliphatic heterocycles. The lowest BCUT2D eigenvalue weighted by Crippen LogP contribution is -2.14. The predicted octanol–water partition coefficient (Wildman–Crippen LogP) is 4.60. The van der Waals surface area contributed by atoms with E-state index >= 15 is 0 Å². The largest absolute Gasteiger partial charge is 0.490 e. The minimum absolute atomic E-state index is 0.126. The Morgan fingerprint density at radius 1 is 1.04 bits per heavy atom. The van der Waals surface area contributed by atoms with E-state index in [-0.39, 0.29) is 11.7 Å². The number of nitrogens with one attached hydrogen (secondary N) is 1. The maximum absolute atomic E-state index is 12.5. The normalized spacial score (nSPS) is 13.8. The summed E-state index contributed by atoms with van der Waals surface area (Å²) >= 11 is 1.31. The molecule has 8 heteroatoms. The highest BCUT2D eigenvalue weighted by Crippen LogP contribution is 2.34.